The number of nitrogens with one attached hydrogen (secondary N) is 1. The number of benzene rings is 1. The molecule has 116 valence electrons. The summed E-state index contributed by atoms with van der Waals surface area (Å²) in [6, 6.07) is 8.69. The van der Waals surface area contributed by atoms with Crippen molar-refractivity contribution in [2.75, 3.05) is 0 Å². The van der Waals surface area contributed by atoms with Crippen LogP contribution in [0.3, 0.4) is 0 Å². The van der Waals surface area contributed by atoms with Crippen LogP contribution in [0.15, 0.2) is 30.5 Å². The molecule has 0 fully saturated rings. The number of H-pyrrole nitrogens is 1. The van der Waals surface area contributed by atoms with E-state index in [1.165, 1.54) is 61.4 Å². The summed E-state index contributed by atoms with van der Waals surface area (Å²) in [6.45, 7) is 7.05. The third-order valence-corrected chi connectivity index (χ3v) is 4.67. The van der Waals surface area contributed by atoms with Crippen molar-refractivity contribution in [3.63, 3.8) is 0 Å². The van der Waals surface area contributed by atoms with Crippen molar-refractivity contribution in [3.05, 3.63) is 36.0 Å². The molecular weight excluding hydrogens is 254 g/mol. The molecule has 2 unspecified atom stereocenters. The van der Waals surface area contributed by atoms with Crippen LogP contribution in [0.5, 0.6) is 0 Å². The van der Waals surface area contributed by atoms with E-state index in [1.54, 1.807) is 0 Å². The van der Waals surface area contributed by atoms with Gasteiger partial charge in [-0.15, -0.1) is 0 Å². The molecule has 2 aromatic rings. The zero-order valence-corrected chi connectivity index (χ0v) is 14.0. The van der Waals surface area contributed by atoms with Crippen LogP contribution in [0.25, 0.3) is 10.9 Å². The standard InChI is InChI=1S/C20H31N/c1-4-6-10-16(3)13-17(9-5-2)14-18-15-21-20-12-8-7-11-19(18)20/h7-8,11-12,15-17,21H,4-6,9-10,13-14H2,1-3H3. The minimum atomic E-state index is 0.834. The molecule has 21 heavy (non-hydrogen) atoms. The average Bonchev–Trinajstić information content (AvgIpc) is 2.89. The lowest BCUT2D eigenvalue weighted by Crippen LogP contribution is -2.09. The van der Waals surface area contributed by atoms with Crippen molar-refractivity contribution in [3.8, 4) is 0 Å². The van der Waals surface area contributed by atoms with E-state index in [4.69, 9.17) is 0 Å². The largest absolute Gasteiger partial charge is 0.361 e. The Hall–Kier alpha value is -1.24. The van der Waals surface area contributed by atoms with Gasteiger partial charge in [0.2, 0.25) is 0 Å². The predicted octanol–water partition coefficient (Wildman–Crippen LogP) is 6.34. The quantitative estimate of drug-likeness (QED) is 0.553. The number of hydrogen-bond acceptors (Lipinski definition) is 0. The highest BCUT2D eigenvalue weighted by atomic mass is 14.7. The Bertz CT molecular complexity index is 525. The Balaban J connectivity index is 2.01. The zero-order chi connectivity index (χ0) is 15.1. The molecule has 1 heteroatoms. The first kappa shape index (κ1) is 16.1. The second-order valence-corrected chi connectivity index (χ2v) is 6.70. The Labute approximate surface area is 130 Å². The van der Waals surface area contributed by atoms with Crippen molar-refractivity contribution in [2.24, 2.45) is 11.8 Å². The van der Waals surface area contributed by atoms with Crippen LogP contribution in [0.2, 0.25) is 0 Å². The number of aromatic amines is 1. The molecule has 0 bridgehead atoms. The molecule has 0 aliphatic heterocycles. The third kappa shape index (κ3) is 4.62. The van der Waals surface area contributed by atoms with Gasteiger partial charge in [-0.25, -0.2) is 0 Å². The van der Waals surface area contributed by atoms with Gasteiger partial charge in [-0.3, -0.25) is 0 Å². The average molecular weight is 285 g/mol. The fourth-order valence-electron chi connectivity index (χ4n) is 3.56. The van der Waals surface area contributed by atoms with E-state index in [0.29, 0.717) is 0 Å². The molecule has 0 aliphatic rings. The Morgan fingerprint density at radius 1 is 1.05 bits per heavy atom. The van der Waals surface area contributed by atoms with E-state index in [9.17, 15) is 0 Å². The number of para-hydroxylation sites is 1. The van der Waals surface area contributed by atoms with E-state index in [2.05, 4.69) is 56.2 Å². The maximum Gasteiger partial charge on any atom is 0.0456 e. The SMILES string of the molecule is CCCCC(C)CC(CCC)Cc1c[nH]c2ccccc12. The first-order chi connectivity index (χ1) is 10.2. The fraction of sp³-hybridized carbons (Fsp3) is 0.600. The Morgan fingerprint density at radius 2 is 1.86 bits per heavy atom. The molecule has 0 amide bonds. The lowest BCUT2D eigenvalue weighted by atomic mass is 9.85. The molecule has 0 radical (unpaired) electrons. The topological polar surface area (TPSA) is 15.8 Å². The minimum absolute atomic E-state index is 0.834. The Kier molecular flexibility index (Phi) is 6.35. The summed E-state index contributed by atoms with van der Waals surface area (Å²) in [7, 11) is 0. The van der Waals surface area contributed by atoms with Gasteiger partial charge in [0.05, 0.1) is 0 Å². The van der Waals surface area contributed by atoms with E-state index in [0.717, 1.165) is 11.8 Å². The van der Waals surface area contributed by atoms with Crippen molar-refractivity contribution in [2.45, 2.75) is 65.7 Å². The lowest BCUT2D eigenvalue weighted by Gasteiger charge is -2.20. The summed E-state index contributed by atoms with van der Waals surface area (Å²) in [6.07, 6.45) is 11.6. The Morgan fingerprint density at radius 3 is 2.62 bits per heavy atom. The van der Waals surface area contributed by atoms with Gasteiger partial charge in [-0.05, 0) is 36.3 Å². The summed E-state index contributed by atoms with van der Waals surface area (Å²) in [5.74, 6) is 1.70. The highest BCUT2D eigenvalue weighted by Crippen LogP contribution is 2.28. The van der Waals surface area contributed by atoms with Crippen LogP contribution in [-0.4, -0.2) is 4.98 Å². The molecule has 0 saturated carbocycles. The van der Waals surface area contributed by atoms with Crippen LogP contribution >= 0.6 is 0 Å². The van der Waals surface area contributed by atoms with Crippen LogP contribution < -0.4 is 0 Å². The van der Waals surface area contributed by atoms with Gasteiger partial charge >= 0.3 is 0 Å². The van der Waals surface area contributed by atoms with E-state index in [1.807, 2.05) is 0 Å². The van der Waals surface area contributed by atoms with Gasteiger partial charge < -0.3 is 4.98 Å². The minimum Gasteiger partial charge on any atom is -0.361 e. The van der Waals surface area contributed by atoms with Crippen LogP contribution in [0.1, 0.15) is 64.9 Å². The highest BCUT2D eigenvalue weighted by Gasteiger charge is 2.15. The molecule has 1 nitrogen and oxygen atoms in total. The summed E-state index contributed by atoms with van der Waals surface area (Å²) >= 11 is 0. The van der Waals surface area contributed by atoms with E-state index >= 15 is 0 Å². The van der Waals surface area contributed by atoms with E-state index < -0.39 is 0 Å². The van der Waals surface area contributed by atoms with Crippen molar-refractivity contribution in [1.82, 2.24) is 4.98 Å². The number of hydrogen-bond donors (Lipinski definition) is 1. The highest BCUT2D eigenvalue weighted by molar-refractivity contribution is 5.83. The maximum absolute atomic E-state index is 3.42. The number of rotatable bonds is 9. The summed E-state index contributed by atoms with van der Waals surface area (Å²) in [5, 5.41) is 1.42. The monoisotopic (exact) mass is 285 g/mol. The van der Waals surface area contributed by atoms with Gasteiger partial charge in [0.15, 0.2) is 0 Å². The summed E-state index contributed by atoms with van der Waals surface area (Å²) in [4.78, 5) is 3.42. The maximum atomic E-state index is 3.42. The number of aromatic nitrogens is 1. The lowest BCUT2D eigenvalue weighted by molar-refractivity contribution is 0.346. The first-order valence-corrected chi connectivity index (χ1v) is 8.79. The second kappa shape index (κ2) is 8.26. The molecule has 2 atom stereocenters. The van der Waals surface area contributed by atoms with Crippen molar-refractivity contribution in [1.29, 1.82) is 0 Å². The molecular formula is C20H31N. The molecule has 1 heterocycles. The fourth-order valence-corrected chi connectivity index (χ4v) is 3.56. The first-order valence-electron chi connectivity index (χ1n) is 8.79. The van der Waals surface area contributed by atoms with Gasteiger partial charge in [0.1, 0.15) is 0 Å². The third-order valence-electron chi connectivity index (χ3n) is 4.67. The van der Waals surface area contributed by atoms with E-state index in [-0.39, 0.29) is 0 Å². The van der Waals surface area contributed by atoms with Crippen LogP contribution in [0.4, 0.5) is 0 Å². The molecule has 0 spiro atoms. The van der Waals surface area contributed by atoms with Crippen LogP contribution in [0, 0.1) is 11.8 Å². The molecule has 0 saturated heterocycles. The predicted molar refractivity (Wildman–Crippen MR) is 93.7 cm³/mol. The summed E-state index contributed by atoms with van der Waals surface area (Å²) < 4.78 is 0. The molecule has 1 aromatic heterocycles. The normalized spacial score (nSPS) is 14.4. The van der Waals surface area contributed by atoms with Crippen LogP contribution in [-0.2, 0) is 6.42 Å². The summed E-state index contributed by atoms with van der Waals surface area (Å²) in [5.41, 5.74) is 2.79. The van der Waals surface area contributed by atoms with Gasteiger partial charge in [-0.1, -0.05) is 71.1 Å². The second-order valence-electron chi connectivity index (χ2n) is 6.70. The smallest absolute Gasteiger partial charge is 0.0456 e. The van der Waals surface area contributed by atoms with Gasteiger partial charge in [0.25, 0.3) is 0 Å². The molecule has 1 N–H and O–H groups in total. The van der Waals surface area contributed by atoms with Gasteiger partial charge in [0, 0.05) is 17.1 Å². The van der Waals surface area contributed by atoms with Crippen molar-refractivity contribution >= 4 is 10.9 Å². The van der Waals surface area contributed by atoms with Gasteiger partial charge in [-0.2, -0.15) is 0 Å². The molecule has 0 aliphatic carbocycles. The number of fused-ring (bicyclic) bond motifs is 1. The van der Waals surface area contributed by atoms with Crippen molar-refractivity contribution < 1.29 is 0 Å². The zero-order valence-electron chi connectivity index (χ0n) is 14.0. The molecule has 1 aromatic carbocycles. The number of unbranched alkanes of at least 4 members (excludes halogenated alkanes) is 1. The molecule has 2 rings (SSSR count).